The molecule has 2 N–H and O–H groups in total. The lowest BCUT2D eigenvalue weighted by molar-refractivity contribution is 0.486. The second-order valence-electron chi connectivity index (χ2n) is 3.89. The summed E-state index contributed by atoms with van der Waals surface area (Å²) < 4.78 is 29.0. The molecule has 0 amide bonds. The molecule has 0 bridgehead atoms. The molecule has 0 atom stereocenters. The number of aryl methyl sites for hydroxylation is 1. The Balaban J connectivity index is 2.33. The van der Waals surface area contributed by atoms with Crippen LogP contribution in [0.3, 0.4) is 0 Å². The fourth-order valence-electron chi connectivity index (χ4n) is 1.47. The number of nitrogens with two attached hydrogens (primary N) is 1. The maximum atomic E-state index is 12.0. The van der Waals surface area contributed by atoms with Gasteiger partial charge in [-0.25, -0.2) is 0 Å². The highest BCUT2D eigenvalue weighted by Crippen LogP contribution is 2.22. The molecule has 0 fully saturated rings. The van der Waals surface area contributed by atoms with E-state index in [0.29, 0.717) is 0 Å². The fourth-order valence-corrected chi connectivity index (χ4v) is 2.53. The maximum Gasteiger partial charge on any atom is 0.341 e. The van der Waals surface area contributed by atoms with E-state index in [1.807, 2.05) is 6.92 Å². The van der Waals surface area contributed by atoms with Crippen LogP contribution >= 0.6 is 0 Å². The van der Waals surface area contributed by atoms with E-state index in [1.165, 1.54) is 12.1 Å². The predicted octanol–water partition coefficient (Wildman–Crippen LogP) is 2.34. The summed E-state index contributed by atoms with van der Waals surface area (Å²) in [5, 5.41) is 0. The van der Waals surface area contributed by atoms with Crippen LogP contribution in [-0.2, 0) is 10.1 Å². The zero-order valence-corrected chi connectivity index (χ0v) is 10.6. The van der Waals surface area contributed by atoms with Crippen LogP contribution in [0, 0.1) is 6.92 Å². The Hall–Kier alpha value is -2.01. The van der Waals surface area contributed by atoms with Crippen molar-refractivity contribution in [1.29, 1.82) is 0 Å². The minimum atomic E-state index is -3.88. The summed E-state index contributed by atoms with van der Waals surface area (Å²) in [4.78, 5) is -0.0226. The molecule has 94 valence electrons. The monoisotopic (exact) mass is 263 g/mol. The summed E-state index contributed by atoms with van der Waals surface area (Å²) in [6.45, 7) is 1.91. The third-order valence-corrected chi connectivity index (χ3v) is 3.74. The van der Waals surface area contributed by atoms with Gasteiger partial charge in [0.15, 0.2) is 0 Å². The van der Waals surface area contributed by atoms with Crippen LogP contribution in [0.25, 0.3) is 0 Å². The summed E-state index contributed by atoms with van der Waals surface area (Å²) in [7, 11) is -3.88. The number of hydrogen-bond donors (Lipinski definition) is 1. The molecule has 5 heteroatoms. The molecule has 0 spiro atoms. The van der Waals surface area contributed by atoms with E-state index in [2.05, 4.69) is 0 Å². The van der Waals surface area contributed by atoms with Gasteiger partial charge in [0.2, 0.25) is 0 Å². The van der Waals surface area contributed by atoms with Crippen molar-refractivity contribution in [3.05, 3.63) is 54.1 Å². The number of benzene rings is 2. The molecule has 0 aliphatic rings. The summed E-state index contributed by atoms with van der Waals surface area (Å²) in [5.74, 6) is 0.267. The quantitative estimate of drug-likeness (QED) is 0.681. The lowest BCUT2D eigenvalue weighted by Gasteiger charge is -2.08. The van der Waals surface area contributed by atoms with Crippen LogP contribution in [0.1, 0.15) is 5.56 Å². The summed E-state index contributed by atoms with van der Waals surface area (Å²) in [6, 6.07) is 13.0. The average Bonchev–Trinajstić information content (AvgIpc) is 2.32. The molecule has 0 saturated heterocycles. The topological polar surface area (TPSA) is 69.4 Å². The smallest absolute Gasteiger partial charge is 0.341 e. The number of nitrogen functional groups attached to an aromatic ring is 1. The second-order valence-corrected chi connectivity index (χ2v) is 5.40. The van der Waals surface area contributed by atoms with E-state index in [0.717, 1.165) is 5.56 Å². The number of hydrogen-bond acceptors (Lipinski definition) is 4. The van der Waals surface area contributed by atoms with Crippen molar-refractivity contribution in [1.82, 2.24) is 0 Å². The lowest BCUT2D eigenvalue weighted by atomic mass is 10.2. The maximum absolute atomic E-state index is 12.0. The average molecular weight is 263 g/mol. The molecule has 0 heterocycles. The van der Waals surface area contributed by atoms with Crippen molar-refractivity contribution in [2.45, 2.75) is 11.8 Å². The first-order valence-corrected chi connectivity index (χ1v) is 6.75. The Bertz CT molecular complexity index is 648. The highest BCUT2D eigenvalue weighted by molar-refractivity contribution is 7.87. The molecule has 0 saturated carbocycles. The molecule has 18 heavy (non-hydrogen) atoms. The van der Waals surface area contributed by atoms with Crippen LogP contribution in [-0.4, -0.2) is 8.42 Å². The Morgan fingerprint density at radius 1 is 1.00 bits per heavy atom. The van der Waals surface area contributed by atoms with Gasteiger partial charge in [-0.1, -0.05) is 29.8 Å². The predicted molar refractivity (Wildman–Crippen MR) is 69.8 cm³/mol. The zero-order valence-electron chi connectivity index (χ0n) is 9.83. The highest BCUT2D eigenvalue weighted by Gasteiger charge is 2.19. The molecular formula is C13H13NO3S. The first-order valence-electron chi connectivity index (χ1n) is 5.35. The Kier molecular flexibility index (Phi) is 3.25. The minimum Gasteiger partial charge on any atom is -0.398 e. The van der Waals surface area contributed by atoms with Crippen LogP contribution < -0.4 is 9.92 Å². The summed E-state index contributed by atoms with van der Waals surface area (Å²) in [6.07, 6.45) is 0. The van der Waals surface area contributed by atoms with E-state index >= 15 is 0 Å². The van der Waals surface area contributed by atoms with Crippen molar-refractivity contribution < 1.29 is 12.6 Å². The molecule has 0 aliphatic carbocycles. The number of anilines is 1. The largest absolute Gasteiger partial charge is 0.398 e. The molecule has 2 aromatic rings. The number of rotatable bonds is 3. The molecule has 0 aliphatic heterocycles. The minimum absolute atomic E-state index is 0.0226. The standard InChI is InChI=1S/C13H13NO3S/c1-10-6-8-11(9-7-10)17-18(15,16)13-5-3-2-4-12(13)14/h2-9H,14H2,1H3. The van der Waals surface area contributed by atoms with Crippen molar-refractivity contribution >= 4 is 15.8 Å². The summed E-state index contributed by atoms with van der Waals surface area (Å²) in [5.41, 5.74) is 6.82. The fraction of sp³-hybridized carbons (Fsp3) is 0.0769. The second kappa shape index (κ2) is 4.70. The van der Waals surface area contributed by atoms with Gasteiger partial charge >= 0.3 is 10.1 Å². The molecular weight excluding hydrogens is 250 g/mol. The van der Waals surface area contributed by atoms with Crippen LogP contribution in [0.5, 0.6) is 5.75 Å². The van der Waals surface area contributed by atoms with Gasteiger partial charge < -0.3 is 9.92 Å². The van der Waals surface area contributed by atoms with Crippen LogP contribution in [0.2, 0.25) is 0 Å². The van der Waals surface area contributed by atoms with Gasteiger partial charge in [-0.2, -0.15) is 8.42 Å². The van der Waals surface area contributed by atoms with E-state index in [9.17, 15) is 8.42 Å². The van der Waals surface area contributed by atoms with E-state index in [-0.39, 0.29) is 16.3 Å². The van der Waals surface area contributed by atoms with Gasteiger partial charge in [0.25, 0.3) is 0 Å². The molecule has 4 nitrogen and oxygen atoms in total. The third-order valence-electron chi connectivity index (χ3n) is 2.42. The van der Waals surface area contributed by atoms with Crippen LogP contribution in [0.4, 0.5) is 5.69 Å². The van der Waals surface area contributed by atoms with E-state index < -0.39 is 10.1 Å². The van der Waals surface area contributed by atoms with Gasteiger partial charge in [0.05, 0.1) is 5.69 Å². The Morgan fingerprint density at radius 3 is 2.22 bits per heavy atom. The zero-order chi connectivity index (χ0) is 13.2. The Labute approximate surface area is 106 Å². The first-order chi connectivity index (χ1) is 8.49. The highest BCUT2D eigenvalue weighted by atomic mass is 32.2. The third kappa shape index (κ3) is 2.62. The van der Waals surface area contributed by atoms with Crippen molar-refractivity contribution in [3.63, 3.8) is 0 Å². The SMILES string of the molecule is Cc1ccc(OS(=O)(=O)c2ccccc2N)cc1. The Morgan fingerprint density at radius 2 is 1.61 bits per heavy atom. The first kappa shape index (κ1) is 12.4. The van der Waals surface area contributed by atoms with Crippen molar-refractivity contribution in [2.24, 2.45) is 0 Å². The van der Waals surface area contributed by atoms with Crippen LogP contribution in [0.15, 0.2) is 53.4 Å². The van der Waals surface area contributed by atoms with Gasteiger partial charge in [0.1, 0.15) is 10.6 Å². The van der Waals surface area contributed by atoms with Gasteiger partial charge in [-0.3, -0.25) is 0 Å². The van der Waals surface area contributed by atoms with Gasteiger partial charge in [0, 0.05) is 0 Å². The molecule has 0 aromatic heterocycles. The molecule has 0 radical (unpaired) electrons. The molecule has 0 unspecified atom stereocenters. The summed E-state index contributed by atoms with van der Waals surface area (Å²) >= 11 is 0. The van der Waals surface area contributed by atoms with E-state index in [4.69, 9.17) is 9.92 Å². The number of para-hydroxylation sites is 1. The van der Waals surface area contributed by atoms with Crippen molar-refractivity contribution in [3.8, 4) is 5.75 Å². The normalized spacial score (nSPS) is 11.2. The van der Waals surface area contributed by atoms with Gasteiger partial charge in [-0.15, -0.1) is 0 Å². The molecule has 2 aromatic carbocycles. The van der Waals surface area contributed by atoms with Crippen molar-refractivity contribution in [2.75, 3.05) is 5.73 Å². The van der Waals surface area contributed by atoms with Gasteiger partial charge in [-0.05, 0) is 31.2 Å². The lowest BCUT2D eigenvalue weighted by Crippen LogP contribution is -2.11. The van der Waals surface area contributed by atoms with E-state index in [1.54, 1.807) is 36.4 Å². The molecule has 2 rings (SSSR count).